The predicted molar refractivity (Wildman–Crippen MR) is 96.6 cm³/mol. The lowest BCUT2D eigenvalue weighted by Crippen LogP contribution is -2.48. The summed E-state index contributed by atoms with van der Waals surface area (Å²) in [7, 11) is 0. The van der Waals surface area contributed by atoms with E-state index >= 15 is 0 Å². The second-order valence-corrected chi connectivity index (χ2v) is 6.66. The van der Waals surface area contributed by atoms with Crippen molar-refractivity contribution in [1.82, 2.24) is 19.9 Å². The van der Waals surface area contributed by atoms with Crippen LogP contribution < -0.4 is 4.90 Å². The monoisotopic (exact) mass is 371 g/mol. The summed E-state index contributed by atoms with van der Waals surface area (Å²) in [6.07, 6.45) is 2.60. The molecule has 0 aromatic carbocycles. The molecule has 27 heavy (non-hydrogen) atoms. The lowest BCUT2D eigenvalue weighted by Gasteiger charge is -2.33. The molecule has 4 rings (SSSR count). The molecule has 2 aliphatic heterocycles. The van der Waals surface area contributed by atoms with E-state index in [0.29, 0.717) is 43.6 Å². The van der Waals surface area contributed by atoms with E-state index in [2.05, 4.69) is 19.9 Å². The number of morpholine rings is 1. The number of ether oxygens (including phenoxy) is 1. The van der Waals surface area contributed by atoms with E-state index < -0.39 is 12.1 Å². The first-order valence-corrected chi connectivity index (χ1v) is 8.89. The van der Waals surface area contributed by atoms with E-state index in [1.807, 2.05) is 4.90 Å². The van der Waals surface area contributed by atoms with Crippen molar-refractivity contribution in [2.75, 3.05) is 44.3 Å². The van der Waals surface area contributed by atoms with Crippen molar-refractivity contribution < 1.29 is 19.7 Å². The van der Waals surface area contributed by atoms with Crippen molar-refractivity contribution >= 4 is 11.9 Å². The van der Waals surface area contributed by atoms with Gasteiger partial charge in [0.25, 0.3) is 0 Å². The number of hydrogen-bond donors (Lipinski definition) is 2. The number of aromatic nitrogens is 3. The number of rotatable bonds is 4. The fraction of sp³-hybridized carbons (Fsp3) is 0.444. The minimum absolute atomic E-state index is 0.0228. The van der Waals surface area contributed by atoms with Crippen LogP contribution in [0.2, 0.25) is 0 Å². The van der Waals surface area contributed by atoms with Gasteiger partial charge in [-0.15, -0.1) is 0 Å². The maximum absolute atomic E-state index is 11.2. The molecule has 2 aromatic heterocycles. The molecule has 2 aliphatic rings. The van der Waals surface area contributed by atoms with Crippen LogP contribution in [0.5, 0.6) is 0 Å². The zero-order valence-electron chi connectivity index (χ0n) is 14.7. The number of carboxylic acids is 1. The number of aliphatic hydroxyl groups excluding tert-OH is 1. The van der Waals surface area contributed by atoms with Gasteiger partial charge in [0.2, 0.25) is 5.95 Å². The fourth-order valence-corrected chi connectivity index (χ4v) is 3.55. The number of carboxylic acid groups (broad SMARTS) is 1. The second kappa shape index (κ2) is 7.55. The Morgan fingerprint density at radius 3 is 2.67 bits per heavy atom. The van der Waals surface area contributed by atoms with Crippen LogP contribution in [0.3, 0.4) is 0 Å². The quantitative estimate of drug-likeness (QED) is 0.774. The molecule has 2 saturated heterocycles. The zero-order valence-corrected chi connectivity index (χ0v) is 14.7. The lowest BCUT2D eigenvalue weighted by molar-refractivity contribution is -0.00588. The molecule has 2 atom stereocenters. The van der Waals surface area contributed by atoms with Crippen molar-refractivity contribution in [2.24, 2.45) is 0 Å². The van der Waals surface area contributed by atoms with Crippen molar-refractivity contribution in [3.05, 3.63) is 36.2 Å². The summed E-state index contributed by atoms with van der Waals surface area (Å²) in [5.74, 6) is -0.506. The minimum atomic E-state index is -1.01. The molecule has 0 aliphatic carbocycles. The lowest BCUT2D eigenvalue weighted by atomic mass is 10.2. The molecule has 2 N–H and O–H groups in total. The van der Waals surface area contributed by atoms with Crippen LogP contribution in [0.1, 0.15) is 10.4 Å². The molecule has 0 unspecified atom stereocenters. The number of aromatic carboxylic acids is 1. The second-order valence-electron chi connectivity index (χ2n) is 6.66. The number of nitrogens with zero attached hydrogens (tertiary/aromatic N) is 5. The van der Waals surface area contributed by atoms with Gasteiger partial charge in [0, 0.05) is 38.6 Å². The van der Waals surface area contributed by atoms with Crippen molar-refractivity contribution in [3.63, 3.8) is 0 Å². The first-order chi connectivity index (χ1) is 13.1. The van der Waals surface area contributed by atoms with Gasteiger partial charge in [0.15, 0.2) is 0 Å². The van der Waals surface area contributed by atoms with E-state index in [9.17, 15) is 9.90 Å². The van der Waals surface area contributed by atoms with Crippen LogP contribution in [0, 0.1) is 0 Å². The maximum Gasteiger partial charge on any atom is 0.335 e. The first-order valence-electron chi connectivity index (χ1n) is 8.89. The average molecular weight is 371 g/mol. The largest absolute Gasteiger partial charge is 0.478 e. The Hall–Kier alpha value is -2.62. The van der Waals surface area contributed by atoms with Crippen LogP contribution in [-0.4, -0.2) is 87.6 Å². The third-order valence-electron chi connectivity index (χ3n) is 4.97. The topological polar surface area (TPSA) is 112 Å². The summed E-state index contributed by atoms with van der Waals surface area (Å²) in [6, 6.07) is 4.65. The number of hydrogen-bond acceptors (Lipinski definition) is 8. The predicted octanol–water partition coefficient (Wildman–Crippen LogP) is 0.118. The normalized spacial score (nSPS) is 23.5. The van der Waals surface area contributed by atoms with Crippen molar-refractivity contribution in [1.29, 1.82) is 0 Å². The summed E-state index contributed by atoms with van der Waals surface area (Å²) < 4.78 is 5.39. The Bertz CT molecular complexity index is 827. The van der Waals surface area contributed by atoms with Crippen molar-refractivity contribution in [2.45, 2.75) is 12.1 Å². The van der Waals surface area contributed by atoms with E-state index in [-0.39, 0.29) is 11.6 Å². The van der Waals surface area contributed by atoms with Gasteiger partial charge in [-0.3, -0.25) is 9.88 Å². The van der Waals surface area contributed by atoms with E-state index in [1.54, 1.807) is 12.3 Å². The molecule has 0 amide bonds. The van der Waals surface area contributed by atoms with Gasteiger partial charge < -0.3 is 19.8 Å². The number of aliphatic hydroxyl groups is 1. The minimum Gasteiger partial charge on any atom is -0.478 e. The summed E-state index contributed by atoms with van der Waals surface area (Å²) in [4.78, 5) is 28.5. The smallest absolute Gasteiger partial charge is 0.335 e. The molecule has 0 bridgehead atoms. The fourth-order valence-electron chi connectivity index (χ4n) is 3.55. The Labute approximate surface area is 156 Å². The van der Waals surface area contributed by atoms with Gasteiger partial charge in [-0.05, 0) is 18.2 Å². The number of β-amino-alcohol motifs (C(OH)–C–C–N with tert-alkyl or cyclic N) is 1. The number of carbonyl (C=O) groups is 1. The molecule has 2 fully saturated rings. The van der Waals surface area contributed by atoms with Gasteiger partial charge in [-0.25, -0.2) is 14.8 Å². The highest BCUT2D eigenvalue weighted by molar-refractivity contribution is 5.88. The molecule has 0 radical (unpaired) electrons. The Morgan fingerprint density at radius 2 is 1.89 bits per heavy atom. The molecule has 0 spiro atoms. The highest BCUT2D eigenvalue weighted by Crippen LogP contribution is 2.23. The Balaban J connectivity index is 1.54. The van der Waals surface area contributed by atoms with Crippen LogP contribution in [0.25, 0.3) is 11.4 Å². The third-order valence-corrected chi connectivity index (χ3v) is 4.97. The van der Waals surface area contributed by atoms with Crippen molar-refractivity contribution in [3.8, 4) is 11.4 Å². The molecule has 142 valence electrons. The standard InChI is InChI=1S/C18H21N5O4/c24-16-11-23(10-15(16)22-5-7-27-8-6-22)18-20-4-2-13(21-18)14-9-12(17(25)26)1-3-19-14/h1-4,9,15-16,24H,5-8,10-11H2,(H,25,26)/t15-,16-/m0/s1. The van der Waals surface area contributed by atoms with Crippen LogP contribution in [0.4, 0.5) is 5.95 Å². The SMILES string of the molecule is O=C(O)c1ccnc(-c2ccnc(N3C[C@H](O)[C@@H](N4CCOCC4)C3)n2)c1. The summed E-state index contributed by atoms with van der Waals surface area (Å²) in [5.41, 5.74) is 1.18. The Morgan fingerprint density at radius 1 is 1.11 bits per heavy atom. The van der Waals surface area contributed by atoms with Gasteiger partial charge in [0.1, 0.15) is 0 Å². The molecule has 2 aromatic rings. The molecule has 4 heterocycles. The summed E-state index contributed by atoms with van der Waals surface area (Å²) in [5, 5.41) is 19.7. The van der Waals surface area contributed by atoms with Crippen LogP contribution in [-0.2, 0) is 4.74 Å². The molecular weight excluding hydrogens is 350 g/mol. The number of pyridine rings is 1. The average Bonchev–Trinajstić information content (AvgIpc) is 3.10. The first kappa shape index (κ1) is 17.8. The third kappa shape index (κ3) is 3.75. The molecule has 9 heteroatoms. The molecule has 0 saturated carbocycles. The highest BCUT2D eigenvalue weighted by Gasteiger charge is 2.37. The van der Waals surface area contributed by atoms with Gasteiger partial charge >= 0.3 is 5.97 Å². The maximum atomic E-state index is 11.2. The molecular formula is C18H21N5O4. The van der Waals surface area contributed by atoms with E-state index in [1.165, 1.54) is 18.3 Å². The van der Waals surface area contributed by atoms with Gasteiger partial charge in [-0.2, -0.15) is 0 Å². The van der Waals surface area contributed by atoms with Gasteiger partial charge in [-0.1, -0.05) is 0 Å². The zero-order chi connectivity index (χ0) is 18.8. The number of anilines is 1. The Kier molecular flexibility index (Phi) is 4.97. The van der Waals surface area contributed by atoms with Crippen LogP contribution in [0.15, 0.2) is 30.6 Å². The van der Waals surface area contributed by atoms with Gasteiger partial charge in [0.05, 0.1) is 42.3 Å². The summed E-state index contributed by atoms with van der Waals surface area (Å²) in [6.45, 7) is 4.06. The highest BCUT2D eigenvalue weighted by atomic mass is 16.5. The summed E-state index contributed by atoms with van der Waals surface area (Å²) >= 11 is 0. The van der Waals surface area contributed by atoms with Crippen LogP contribution >= 0.6 is 0 Å². The van der Waals surface area contributed by atoms with E-state index in [0.717, 1.165) is 13.1 Å². The molecule has 9 nitrogen and oxygen atoms in total. The van der Waals surface area contributed by atoms with E-state index in [4.69, 9.17) is 9.84 Å².